The average Bonchev–Trinajstić information content (AvgIpc) is 2.38. The van der Waals surface area contributed by atoms with Gasteiger partial charge in [0.15, 0.2) is 0 Å². The Morgan fingerprint density at radius 2 is 2.10 bits per heavy atom. The van der Waals surface area contributed by atoms with Gasteiger partial charge in [0.05, 0.1) is 27.8 Å². The number of aromatic nitrogens is 1. The van der Waals surface area contributed by atoms with Gasteiger partial charge in [-0.15, -0.1) is 0 Å². The van der Waals surface area contributed by atoms with Crippen molar-refractivity contribution in [2.24, 2.45) is 0 Å². The van der Waals surface area contributed by atoms with Crippen molar-refractivity contribution in [2.45, 2.75) is 17.6 Å². The maximum Gasteiger partial charge on any atom is 0.336 e. The largest absolute Gasteiger partial charge is 0.478 e. The van der Waals surface area contributed by atoms with Gasteiger partial charge in [-0.2, -0.15) is 0 Å². The van der Waals surface area contributed by atoms with Crippen molar-refractivity contribution in [3.8, 4) is 0 Å². The zero-order valence-corrected chi connectivity index (χ0v) is 13.1. The van der Waals surface area contributed by atoms with Gasteiger partial charge in [0, 0.05) is 15.1 Å². The quantitative estimate of drug-likeness (QED) is 0.916. The molecule has 104 valence electrons. The third kappa shape index (κ3) is 3.52. The van der Waals surface area contributed by atoms with E-state index < -0.39 is 16.8 Å². The zero-order valence-electron chi connectivity index (χ0n) is 10.7. The Bertz CT molecular complexity index is 688. The number of benzene rings is 1. The minimum Gasteiger partial charge on any atom is -0.478 e. The lowest BCUT2D eigenvalue weighted by atomic mass is 10.2. The first-order valence-corrected chi connectivity index (χ1v) is 7.92. The molecule has 0 aliphatic carbocycles. The van der Waals surface area contributed by atoms with Crippen LogP contribution in [0.25, 0.3) is 0 Å². The highest BCUT2D eigenvalue weighted by Crippen LogP contribution is 2.21. The van der Waals surface area contributed by atoms with E-state index in [9.17, 15) is 9.00 Å². The predicted molar refractivity (Wildman–Crippen MR) is 80.2 cm³/mol. The van der Waals surface area contributed by atoms with Crippen LogP contribution in [0.5, 0.6) is 0 Å². The van der Waals surface area contributed by atoms with Crippen molar-refractivity contribution in [3.05, 3.63) is 57.8 Å². The third-order valence-corrected chi connectivity index (χ3v) is 4.69. The molecule has 1 aromatic heterocycles. The van der Waals surface area contributed by atoms with E-state index in [2.05, 4.69) is 20.9 Å². The standard InChI is InChI=1S/C14H12BrNO3S/c1-9-3-2-4-10(16-9)8-20(19)11-5-6-13(15)12(7-11)14(17)18/h2-7H,8H2,1H3,(H,17,18). The molecule has 0 spiro atoms. The Labute approximate surface area is 127 Å². The van der Waals surface area contributed by atoms with Gasteiger partial charge in [-0.3, -0.25) is 9.19 Å². The van der Waals surface area contributed by atoms with Crippen molar-refractivity contribution < 1.29 is 14.1 Å². The predicted octanol–water partition coefficient (Wildman–Crippen LogP) is 3.16. The van der Waals surface area contributed by atoms with Crippen LogP contribution in [0.3, 0.4) is 0 Å². The number of aryl methyl sites for hydroxylation is 1. The number of nitrogens with zero attached hydrogens (tertiary/aromatic N) is 1. The summed E-state index contributed by atoms with van der Waals surface area (Å²) in [5, 5.41) is 9.06. The summed E-state index contributed by atoms with van der Waals surface area (Å²) in [4.78, 5) is 15.8. The molecule has 0 saturated carbocycles. The molecule has 0 bridgehead atoms. The molecule has 1 unspecified atom stereocenters. The molecular formula is C14H12BrNO3S. The number of carboxylic acids is 1. The molecule has 4 nitrogen and oxygen atoms in total. The zero-order chi connectivity index (χ0) is 14.7. The molecule has 0 saturated heterocycles. The van der Waals surface area contributed by atoms with E-state index in [1.54, 1.807) is 12.1 Å². The van der Waals surface area contributed by atoms with Crippen LogP contribution in [0.1, 0.15) is 21.7 Å². The summed E-state index contributed by atoms with van der Waals surface area (Å²) in [6.45, 7) is 1.87. The smallest absolute Gasteiger partial charge is 0.336 e. The summed E-state index contributed by atoms with van der Waals surface area (Å²) in [5.74, 6) is -0.785. The van der Waals surface area contributed by atoms with Crippen molar-refractivity contribution in [3.63, 3.8) is 0 Å². The first kappa shape index (κ1) is 14.9. The molecule has 0 amide bonds. The van der Waals surface area contributed by atoms with Gasteiger partial charge < -0.3 is 5.11 Å². The van der Waals surface area contributed by atoms with Crippen molar-refractivity contribution in [1.82, 2.24) is 4.98 Å². The summed E-state index contributed by atoms with van der Waals surface area (Å²) >= 11 is 3.16. The molecule has 20 heavy (non-hydrogen) atoms. The van der Waals surface area contributed by atoms with Crippen LogP contribution in [0, 0.1) is 6.92 Å². The molecule has 1 N–H and O–H groups in total. The van der Waals surface area contributed by atoms with Gasteiger partial charge in [0.1, 0.15) is 0 Å². The molecule has 0 aliphatic heterocycles. The number of halogens is 1. The van der Waals surface area contributed by atoms with Crippen LogP contribution in [0.2, 0.25) is 0 Å². The number of hydrogen-bond acceptors (Lipinski definition) is 3. The fourth-order valence-electron chi connectivity index (χ4n) is 1.71. The second-order valence-corrected chi connectivity index (χ2v) is 6.51. The van der Waals surface area contributed by atoms with Crippen LogP contribution in [-0.4, -0.2) is 20.3 Å². The number of pyridine rings is 1. The van der Waals surface area contributed by atoms with Crippen molar-refractivity contribution in [2.75, 3.05) is 0 Å². The molecule has 1 aromatic carbocycles. The van der Waals surface area contributed by atoms with Crippen LogP contribution in [0.4, 0.5) is 0 Å². The van der Waals surface area contributed by atoms with Gasteiger partial charge in [0.25, 0.3) is 0 Å². The molecule has 2 rings (SSSR count). The Morgan fingerprint density at radius 3 is 2.75 bits per heavy atom. The Kier molecular flexibility index (Phi) is 4.67. The molecule has 1 heterocycles. The average molecular weight is 354 g/mol. The molecule has 6 heteroatoms. The van der Waals surface area contributed by atoms with E-state index in [4.69, 9.17) is 5.11 Å². The molecule has 0 radical (unpaired) electrons. The van der Waals surface area contributed by atoms with Crippen LogP contribution in [-0.2, 0) is 16.6 Å². The Hall–Kier alpha value is -1.53. The van der Waals surface area contributed by atoms with Crippen molar-refractivity contribution >= 4 is 32.7 Å². The van der Waals surface area contributed by atoms with E-state index in [1.807, 2.05) is 25.1 Å². The lowest BCUT2D eigenvalue weighted by Crippen LogP contribution is -2.03. The van der Waals surface area contributed by atoms with Crippen LogP contribution >= 0.6 is 15.9 Å². The van der Waals surface area contributed by atoms with E-state index in [-0.39, 0.29) is 11.3 Å². The van der Waals surface area contributed by atoms with Crippen LogP contribution < -0.4 is 0 Å². The molecule has 2 aromatic rings. The van der Waals surface area contributed by atoms with Gasteiger partial charge in [-0.05, 0) is 53.2 Å². The summed E-state index contributed by atoms with van der Waals surface area (Å²) in [5.41, 5.74) is 1.69. The maximum absolute atomic E-state index is 12.3. The van der Waals surface area contributed by atoms with Crippen molar-refractivity contribution in [1.29, 1.82) is 0 Å². The lowest BCUT2D eigenvalue weighted by molar-refractivity contribution is 0.0695. The summed E-state index contributed by atoms with van der Waals surface area (Å²) in [6, 6.07) is 10.2. The fraction of sp³-hybridized carbons (Fsp3) is 0.143. The number of carboxylic acid groups (broad SMARTS) is 1. The summed E-state index contributed by atoms with van der Waals surface area (Å²) in [7, 11) is -1.32. The van der Waals surface area contributed by atoms with Gasteiger partial charge in [-0.1, -0.05) is 6.07 Å². The molecular weight excluding hydrogens is 342 g/mol. The highest BCUT2D eigenvalue weighted by atomic mass is 79.9. The topological polar surface area (TPSA) is 67.3 Å². The Morgan fingerprint density at radius 1 is 1.35 bits per heavy atom. The second-order valence-electron chi connectivity index (χ2n) is 4.21. The van der Waals surface area contributed by atoms with Gasteiger partial charge in [0.2, 0.25) is 0 Å². The van der Waals surface area contributed by atoms with Gasteiger partial charge >= 0.3 is 5.97 Å². The Balaban J connectivity index is 2.26. The summed E-state index contributed by atoms with van der Waals surface area (Å²) < 4.78 is 12.7. The second kappa shape index (κ2) is 6.28. The fourth-order valence-corrected chi connectivity index (χ4v) is 3.19. The molecule has 1 atom stereocenters. The number of hydrogen-bond donors (Lipinski definition) is 1. The highest BCUT2D eigenvalue weighted by Gasteiger charge is 2.13. The number of aromatic carboxylic acids is 1. The normalized spacial score (nSPS) is 12.1. The van der Waals surface area contributed by atoms with Crippen LogP contribution in [0.15, 0.2) is 45.8 Å². The van der Waals surface area contributed by atoms with Gasteiger partial charge in [-0.25, -0.2) is 4.79 Å². The summed E-state index contributed by atoms with van der Waals surface area (Å²) in [6.07, 6.45) is 0. The monoisotopic (exact) mass is 353 g/mol. The molecule has 0 fully saturated rings. The lowest BCUT2D eigenvalue weighted by Gasteiger charge is -2.05. The number of carbonyl (C=O) groups is 1. The SMILES string of the molecule is Cc1cccc(CS(=O)c2ccc(Br)c(C(=O)O)c2)n1. The molecule has 0 aliphatic rings. The number of rotatable bonds is 4. The van der Waals surface area contributed by atoms with E-state index in [0.717, 1.165) is 11.4 Å². The first-order chi connectivity index (χ1) is 9.47. The van der Waals surface area contributed by atoms with E-state index in [0.29, 0.717) is 9.37 Å². The minimum atomic E-state index is -1.32. The third-order valence-electron chi connectivity index (χ3n) is 2.66. The van der Waals surface area contributed by atoms with E-state index >= 15 is 0 Å². The van der Waals surface area contributed by atoms with E-state index in [1.165, 1.54) is 6.07 Å². The highest BCUT2D eigenvalue weighted by molar-refractivity contribution is 9.10. The maximum atomic E-state index is 12.3. The minimum absolute atomic E-state index is 0.105. The first-order valence-electron chi connectivity index (χ1n) is 5.81.